The molecule has 22 heavy (non-hydrogen) atoms. The molecule has 0 bridgehead atoms. The number of hydrogen-bond donors (Lipinski definition) is 0. The van der Waals surface area contributed by atoms with Crippen molar-refractivity contribution in [3.8, 4) is 0 Å². The summed E-state index contributed by atoms with van der Waals surface area (Å²) in [6.45, 7) is 5.47. The van der Waals surface area contributed by atoms with Crippen LogP contribution in [-0.2, 0) is 20.9 Å². The fourth-order valence-corrected chi connectivity index (χ4v) is 2.10. The molecule has 0 amide bonds. The van der Waals surface area contributed by atoms with Gasteiger partial charge in [-0.15, -0.1) is 11.6 Å². The lowest BCUT2D eigenvalue weighted by atomic mass is 10.2. The molecule has 0 spiro atoms. The van der Waals surface area contributed by atoms with Crippen LogP contribution in [0.2, 0.25) is 0 Å². The smallest absolute Gasteiger partial charge is 0.419 e. The molecule has 5 nitrogen and oxygen atoms in total. The van der Waals surface area contributed by atoms with E-state index in [4.69, 9.17) is 21.1 Å². The Morgan fingerprint density at radius 1 is 1.23 bits per heavy atom. The third-order valence-electron chi connectivity index (χ3n) is 2.88. The van der Waals surface area contributed by atoms with E-state index in [1.54, 1.807) is 27.0 Å². The minimum atomic E-state index is -0.590. The summed E-state index contributed by atoms with van der Waals surface area (Å²) >= 11 is 5.41. The molecule has 0 saturated carbocycles. The molecule has 118 valence electrons. The number of fused-ring (bicyclic) bond motifs is 1. The standard InChI is InChI=1S/C16H18ClNO4/c1-16(2,3)22-15(20)18-9-11(10-21-14(19)8-17)12-6-4-5-7-13(12)18/h4-7,9H,8,10H2,1-3H3. The molecule has 0 atom stereocenters. The Balaban J connectivity index is 2.35. The Kier molecular flexibility index (Phi) is 4.76. The van der Waals surface area contributed by atoms with Crippen molar-refractivity contribution in [3.05, 3.63) is 36.0 Å². The predicted octanol–water partition coefficient (Wildman–Crippen LogP) is 3.71. The molecule has 0 saturated heterocycles. The lowest BCUT2D eigenvalue weighted by Gasteiger charge is -2.19. The Morgan fingerprint density at radius 2 is 1.91 bits per heavy atom. The Morgan fingerprint density at radius 3 is 2.55 bits per heavy atom. The summed E-state index contributed by atoms with van der Waals surface area (Å²) < 4.78 is 11.9. The zero-order valence-corrected chi connectivity index (χ0v) is 13.5. The molecular weight excluding hydrogens is 306 g/mol. The molecule has 2 aromatic rings. The summed E-state index contributed by atoms with van der Waals surface area (Å²) in [4.78, 5) is 23.5. The molecule has 0 aliphatic carbocycles. The second-order valence-electron chi connectivity index (χ2n) is 5.82. The van der Waals surface area contributed by atoms with E-state index in [2.05, 4.69) is 0 Å². The van der Waals surface area contributed by atoms with Crippen LogP contribution in [0.4, 0.5) is 4.79 Å². The average molecular weight is 324 g/mol. The van der Waals surface area contributed by atoms with Crippen LogP contribution in [0.25, 0.3) is 10.9 Å². The van der Waals surface area contributed by atoms with Crippen LogP contribution in [0.5, 0.6) is 0 Å². The van der Waals surface area contributed by atoms with E-state index in [0.717, 1.165) is 10.9 Å². The summed E-state index contributed by atoms with van der Waals surface area (Å²) in [7, 11) is 0. The van der Waals surface area contributed by atoms with Crippen molar-refractivity contribution >= 4 is 34.6 Å². The minimum absolute atomic E-state index is 0.0574. The normalized spacial score (nSPS) is 11.5. The van der Waals surface area contributed by atoms with Gasteiger partial charge in [-0.25, -0.2) is 4.79 Å². The number of nitrogens with zero attached hydrogens (tertiary/aromatic N) is 1. The van der Waals surface area contributed by atoms with Crippen LogP contribution in [-0.4, -0.2) is 28.1 Å². The van der Waals surface area contributed by atoms with Gasteiger partial charge in [0.15, 0.2) is 0 Å². The SMILES string of the molecule is CC(C)(C)OC(=O)n1cc(COC(=O)CCl)c2ccccc21. The highest BCUT2D eigenvalue weighted by atomic mass is 35.5. The fraction of sp³-hybridized carbons (Fsp3) is 0.375. The van der Waals surface area contributed by atoms with Gasteiger partial charge in [0.05, 0.1) is 5.52 Å². The van der Waals surface area contributed by atoms with Crippen LogP contribution in [0, 0.1) is 0 Å². The highest BCUT2D eigenvalue weighted by Crippen LogP contribution is 2.23. The highest BCUT2D eigenvalue weighted by molar-refractivity contribution is 6.26. The lowest BCUT2D eigenvalue weighted by Crippen LogP contribution is -2.26. The minimum Gasteiger partial charge on any atom is -0.460 e. The van der Waals surface area contributed by atoms with Gasteiger partial charge in [-0.1, -0.05) is 18.2 Å². The van der Waals surface area contributed by atoms with Crippen molar-refractivity contribution in [2.24, 2.45) is 0 Å². The van der Waals surface area contributed by atoms with E-state index < -0.39 is 17.7 Å². The van der Waals surface area contributed by atoms with E-state index in [-0.39, 0.29) is 12.5 Å². The zero-order valence-electron chi connectivity index (χ0n) is 12.8. The first kappa shape index (κ1) is 16.4. The molecule has 0 radical (unpaired) electrons. The van der Waals surface area contributed by atoms with E-state index in [9.17, 15) is 9.59 Å². The van der Waals surface area contributed by atoms with Crippen LogP contribution < -0.4 is 0 Å². The number of rotatable bonds is 3. The van der Waals surface area contributed by atoms with Crippen molar-refractivity contribution in [3.63, 3.8) is 0 Å². The Labute approximate surface area is 133 Å². The third kappa shape index (κ3) is 3.80. The number of carbonyl (C=O) groups is 2. The van der Waals surface area contributed by atoms with Crippen molar-refractivity contribution in [2.45, 2.75) is 33.0 Å². The Hall–Kier alpha value is -2.01. The largest absolute Gasteiger partial charge is 0.460 e. The van der Waals surface area contributed by atoms with Gasteiger partial charge in [-0.2, -0.15) is 0 Å². The molecule has 0 unspecified atom stereocenters. The second-order valence-corrected chi connectivity index (χ2v) is 6.08. The van der Waals surface area contributed by atoms with E-state index in [1.807, 2.05) is 24.3 Å². The molecule has 0 fully saturated rings. The topological polar surface area (TPSA) is 57.5 Å². The molecule has 0 aliphatic heterocycles. The lowest BCUT2D eigenvalue weighted by molar-refractivity contribution is -0.141. The van der Waals surface area contributed by atoms with Crippen molar-refractivity contribution < 1.29 is 19.1 Å². The number of esters is 1. The van der Waals surface area contributed by atoms with Crippen LogP contribution in [0.1, 0.15) is 26.3 Å². The molecule has 6 heteroatoms. The molecular formula is C16H18ClNO4. The number of aromatic nitrogens is 1. The van der Waals surface area contributed by atoms with Gasteiger partial charge < -0.3 is 9.47 Å². The van der Waals surface area contributed by atoms with Crippen molar-refractivity contribution in [1.29, 1.82) is 0 Å². The number of alkyl halides is 1. The molecule has 1 heterocycles. The maximum Gasteiger partial charge on any atom is 0.419 e. The first-order valence-corrected chi connectivity index (χ1v) is 7.39. The van der Waals surface area contributed by atoms with Crippen LogP contribution >= 0.6 is 11.6 Å². The Bertz CT molecular complexity index is 700. The molecule has 0 N–H and O–H groups in total. The number of benzene rings is 1. The monoisotopic (exact) mass is 323 g/mol. The first-order valence-electron chi connectivity index (χ1n) is 6.86. The maximum absolute atomic E-state index is 12.3. The quantitative estimate of drug-likeness (QED) is 0.638. The van der Waals surface area contributed by atoms with Gasteiger partial charge >= 0.3 is 12.1 Å². The van der Waals surface area contributed by atoms with Crippen molar-refractivity contribution in [2.75, 3.05) is 5.88 Å². The number of halogens is 1. The predicted molar refractivity (Wildman–Crippen MR) is 84.1 cm³/mol. The van der Waals surface area contributed by atoms with Gasteiger partial charge in [-0.3, -0.25) is 9.36 Å². The molecule has 1 aromatic heterocycles. The molecule has 1 aromatic carbocycles. The first-order chi connectivity index (χ1) is 10.3. The van der Waals surface area contributed by atoms with E-state index in [1.165, 1.54) is 4.57 Å². The van der Waals surface area contributed by atoms with Gasteiger partial charge in [0, 0.05) is 17.1 Å². The summed E-state index contributed by atoms with van der Waals surface area (Å²) in [6, 6.07) is 7.36. The number of ether oxygens (including phenoxy) is 2. The van der Waals surface area contributed by atoms with E-state index >= 15 is 0 Å². The van der Waals surface area contributed by atoms with Crippen LogP contribution in [0.3, 0.4) is 0 Å². The summed E-state index contributed by atoms with van der Waals surface area (Å²) in [5, 5.41) is 0.829. The number of para-hydroxylation sites is 1. The third-order valence-corrected chi connectivity index (χ3v) is 3.10. The van der Waals surface area contributed by atoms with Gasteiger partial charge in [0.1, 0.15) is 18.1 Å². The summed E-state index contributed by atoms with van der Waals surface area (Å²) in [6.07, 6.45) is 1.15. The molecule has 0 aliphatic rings. The van der Waals surface area contributed by atoms with E-state index in [0.29, 0.717) is 5.52 Å². The number of hydrogen-bond acceptors (Lipinski definition) is 4. The highest BCUT2D eigenvalue weighted by Gasteiger charge is 2.20. The summed E-state index contributed by atoms with van der Waals surface area (Å²) in [5.74, 6) is -0.708. The summed E-state index contributed by atoms with van der Waals surface area (Å²) in [5.41, 5.74) is 0.835. The number of carbonyl (C=O) groups excluding carboxylic acids is 2. The maximum atomic E-state index is 12.3. The second kappa shape index (κ2) is 6.40. The zero-order chi connectivity index (χ0) is 16.3. The van der Waals surface area contributed by atoms with Gasteiger partial charge in [-0.05, 0) is 26.8 Å². The van der Waals surface area contributed by atoms with Crippen LogP contribution in [0.15, 0.2) is 30.5 Å². The van der Waals surface area contributed by atoms with Gasteiger partial charge in [0.2, 0.25) is 0 Å². The molecule has 2 rings (SSSR count). The average Bonchev–Trinajstić information content (AvgIpc) is 2.82. The van der Waals surface area contributed by atoms with Gasteiger partial charge in [0.25, 0.3) is 0 Å². The van der Waals surface area contributed by atoms with Crippen molar-refractivity contribution in [1.82, 2.24) is 4.57 Å². The fourth-order valence-electron chi connectivity index (χ4n) is 2.02.